The zero-order valence-corrected chi connectivity index (χ0v) is 12.6. The summed E-state index contributed by atoms with van der Waals surface area (Å²) in [5.74, 6) is -0.740. The van der Waals surface area contributed by atoms with Crippen molar-refractivity contribution in [2.45, 2.75) is 24.7 Å². The molecule has 1 fully saturated rings. The SMILES string of the molecule is CC(=O)c1ccc(S(=O)(=O)N2CCC(C(N)=O)CC2)cc1. The van der Waals surface area contributed by atoms with Crippen LogP contribution in [0, 0.1) is 5.92 Å². The van der Waals surface area contributed by atoms with Crippen molar-refractivity contribution < 1.29 is 18.0 Å². The fraction of sp³-hybridized carbons (Fsp3) is 0.429. The molecule has 6 nitrogen and oxygen atoms in total. The van der Waals surface area contributed by atoms with E-state index in [4.69, 9.17) is 5.73 Å². The number of hydrogen-bond donors (Lipinski definition) is 1. The third-order valence-electron chi connectivity index (χ3n) is 3.75. The van der Waals surface area contributed by atoms with Gasteiger partial charge in [0.25, 0.3) is 0 Å². The van der Waals surface area contributed by atoms with E-state index in [0.29, 0.717) is 18.4 Å². The smallest absolute Gasteiger partial charge is 0.243 e. The summed E-state index contributed by atoms with van der Waals surface area (Å²) < 4.78 is 26.3. The highest BCUT2D eigenvalue weighted by atomic mass is 32.2. The fourth-order valence-corrected chi connectivity index (χ4v) is 3.86. The Balaban J connectivity index is 2.15. The van der Waals surface area contributed by atoms with Gasteiger partial charge in [-0.3, -0.25) is 9.59 Å². The van der Waals surface area contributed by atoms with Crippen LogP contribution in [0.4, 0.5) is 0 Å². The first-order valence-electron chi connectivity index (χ1n) is 6.73. The topological polar surface area (TPSA) is 97.5 Å². The molecular weight excluding hydrogens is 292 g/mol. The van der Waals surface area contributed by atoms with E-state index >= 15 is 0 Å². The van der Waals surface area contributed by atoms with Crippen LogP contribution >= 0.6 is 0 Å². The number of primary amides is 1. The van der Waals surface area contributed by atoms with Gasteiger partial charge in [-0.05, 0) is 31.9 Å². The molecule has 114 valence electrons. The maximum Gasteiger partial charge on any atom is 0.243 e. The molecular formula is C14H18N2O4S. The van der Waals surface area contributed by atoms with Crippen LogP contribution in [-0.2, 0) is 14.8 Å². The van der Waals surface area contributed by atoms with E-state index in [2.05, 4.69) is 0 Å². The maximum absolute atomic E-state index is 12.5. The second kappa shape index (κ2) is 5.95. The highest BCUT2D eigenvalue weighted by Gasteiger charge is 2.31. The summed E-state index contributed by atoms with van der Waals surface area (Å²) in [5.41, 5.74) is 5.71. The number of sulfonamides is 1. The molecule has 0 saturated carbocycles. The second-order valence-electron chi connectivity index (χ2n) is 5.16. The van der Waals surface area contributed by atoms with Crippen LogP contribution in [0.15, 0.2) is 29.2 Å². The van der Waals surface area contributed by atoms with Crippen LogP contribution in [0.1, 0.15) is 30.1 Å². The van der Waals surface area contributed by atoms with Crippen molar-refractivity contribution in [1.82, 2.24) is 4.31 Å². The van der Waals surface area contributed by atoms with Gasteiger partial charge in [0.1, 0.15) is 0 Å². The van der Waals surface area contributed by atoms with E-state index in [9.17, 15) is 18.0 Å². The Morgan fingerprint density at radius 1 is 1.14 bits per heavy atom. The molecule has 2 rings (SSSR count). The lowest BCUT2D eigenvalue weighted by Gasteiger charge is -2.29. The molecule has 0 unspecified atom stereocenters. The second-order valence-corrected chi connectivity index (χ2v) is 7.10. The number of nitrogens with zero attached hydrogens (tertiary/aromatic N) is 1. The molecule has 0 bridgehead atoms. The largest absolute Gasteiger partial charge is 0.369 e. The van der Waals surface area contributed by atoms with Crippen LogP contribution in [-0.4, -0.2) is 37.5 Å². The first-order valence-corrected chi connectivity index (χ1v) is 8.17. The van der Waals surface area contributed by atoms with Crippen molar-refractivity contribution in [2.24, 2.45) is 11.7 Å². The molecule has 7 heteroatoms. The summed E-state index contributed by atoms with van der Waals surface area (Å²) in [6, 6.07) is 5.88. The number of ketones is 1. The van der Waals surface area contributed by atoms with Gasteiger partial charge in [0.2, 0.25) is 15.9 Å². The molecule has 0 aromatic heterocycles. The average Bonchev–Trinajstić information content (AvgIpc) is 2.47. The minimum Gasteiger partial charge on any atom is -0.369 e. The molecule has 0 spiro atoms. The molecule has 0 radical (unpaired) electrons. The van der Waals surface area contributed by atoms with Crippen LogP contribution in [0.3, 0.4) is 0 Å². The lowest BCUT2D eigenvalue weighted by atomic mass is 9.98. The zero-order chi connectivity index (χ0) is 15.6. The van der Waals surface area contributed by atoms with Crippen molar-refractivity contribution in [2.75, 3.05) is 13.1 Å². The molecule has 1 heterocycles. The Morgan fingerprint density at radius 2 is 1.67 bits per heavy atom. The van der Waals surface area contributed by atoms with E-state index in [1.165, 1.54) is 35.5 Å². The quantitative estimate of drug-likeness (QED) is 0.831. The minimum absolute atomic E-state index is 0.110. The van der Waals surface area contributed by atoms with Gasteiger partial charge in [-0.2, -0.15) is 4.31 Å². The molecule has 0 aliphatic carbocycles. The van der Waals surface area contributed by atoms with Gasteiger partial charge in [-0.15, -0.1) is 0 Å². The van der Waals surface area contributed by atoms with Crippen LogP contribution in [0.2, 0.25) is 0 Å². The highest BCUT2D eigenvalue weighted by molar-refractivity contribution is 7.89. The van der Waals surface area contributed by atoms with Crippen molar-refractivity contribution in [3.63, 3.8) is 0 Å². The van der Waals surface area contributed by atoms with Crippen molar-refractivity contribution in [3.05, 3.63) is 29.8 Å². The van der Waals surface area contributed by atoms with Gasteiger partial charge >= 0.3 is 0 Å². The maximum atomic E-state index is 12.5. The number of rotatable bonds is 4. The molecule has 1 amide bonds. The van der Waals surface area contributed by atoms with Crippen LogP contribution < -0.4 is 5.73 Å². The number of amides is 1. The Kier molecular flexibility index (Phi) is 4.43. The first-order chi connectivity index (χ1) is 9.82. The van der Waals surface area contributed by atoms with Gasteiger partial charge in [-0.25, -0.2) is 8.42 Å². The third kappa shape index (κ3) is 3.30. The summed E-state index contributed by atoms with van der Waals surface area (Å²) in [7, 11) is -3.58. The molecule has 21 heavy (non-hydrogen) atoms. The summed E-state index contributed by atoms with van der Waals surface area (Å²) in [6.07, 6.45) is 0.889. The molecule has 2 N–H and O–H groups in total. The first kappa shape index (κ1) is 15.7. The number of nitrogens with two attached hydrogens (primary N) is 1. The number of carbonyl (C=O) groups excluding carboxylic acids is 2. The van der Waals surface area contributed by atoms with Gasteiger partial charge in [0.15, 0.2) is 5.78 Å². The Bertz CT molecular complexity index is 644. The number of Topliss-reactive ketones (excluding diaryl/α,β-unsaturated/α-hetero) is 1. The highest BCUT2D eigenvalue weighted by Crippen LogP contribution is 2.23. The van der Waals surface area contributed by atoms with Crippen LogP contribution in [0.5, 0.6) is 0 Å². The van der Waals surface area contributed by atoms with Gasteiger partial charge in [0, 0.05) is 24.6 Å². The normalized spacial score (nSPS) is 17.6. The molecule has 1 aromatic carbocycles. The standard InChI is InChI=1S/C14H18N2O4S/c1-10(17)11-2-4-13(5-3-11)21(19,20)16-8-6-12(7-9-16)14(15)18/h2-5,12H,6-9H2,1H3,(H2,15,18). The molecule has 0 atom stereocenters. The van der Waals surface area contributed by atoms with Crippen molar-refractivity contribution in [3.8, 4) is 0 Å². The summed E-state index contributed by atoms with van der Waals surface area (Å²) in [4.78, 5) is 22.5. The average molecular weight is 310 g/mol. The van der Waals surface area contributed by atoms with Crippen molar-refractivity contribution >= 4 is 21.7 Å². The predicted octanol–water partition coefficient (Wildman–Crippen LogP) is 0.775. The Labute approximate surface area is 124 Å². The van der Waals surface area contributed by atoms with E-state index in [1.807, 2.05) is 0 Å². The number of carbonyl (C=O) groups is 2. The van der Waals surface area contributed by atoms with E-state index in [-0.39, 0.29) is 35.6 Å². The minimum atomic E-state index is -3.58. The molecule has 1 saturated heterocycles. The number of hydrogen-bond acceptors (Lipinski definition) is 4. The summed E-state index contributed by atoms with van der Waals surface area (Å²) in [5, 5.41) is 0. The van der Waals surface area contributed by atoms with E-state index in [0.717, 1.165) is 0 Å². The Morgan fingerprint density at radius 3 is 2.10 bits per heavy atom. The summed E-state index contributed by atoms with van der Waals surface area (Å²) >= 11 is 0. The molecule has 1 aromatic rings. The summed E-state index contributed by atoms with van der Waals surface area (Å²) in [6.45, 7) is 1.99. The van der Waals surface area contributed by atoms with Gasteiger partial charge < -0.3 is 5.73 Å². The lowest BCUT2D eigenvalue weighted by molar-refractivity contribution is -0.122. The van der Waals surface area contributed by atoms with E-state index in [1.54, 1.807) is 0 Å². The third-order valence-corrected chi connectivity index (χ3v) is 5.67. The van der Waals surface area contributed by atoms with Crippen molar-refractivity contribution in [1.29, 1.82) is 0 Å². The fourth-order valence-electron chi connectivity index (χ4n) is 2.39. The van der Waals surface area contributed by atoms with Crippen LogP contribution in [0.25, 0.3) is 0 Å². The number of piperidine rings is 1. The predicted molar refractivity (Wildman–Crippen MR) is 77.1 cm³/mol. The molecule has 1 aliphatic rings. The van der Waals surface area contributed by atoms with Gasteiger partial charge in [0.05, 0.1) is 4.90 Å². The van der Waals surface area contributed by atoms with E-state index < -0.39 is 10.0 Å². The zero-order valence-electron chi connectivity index (χ0n) is 11.8. The molecule has 1 aliphatic heterocycles. The van der Waals surface area contributed by atoms with Gasteiger partial charge in [-0.1, -0.05) is 12.1 Å². The lowest BCUT2D eigenvalue weighted by Crippen LogP contribution is -2.41. The Hall–Kier alpha value is -1.73. The monoisotopic (exact) mass is 310 g/mol. The number of benzene rings is 1.